The highest BCUT2D eigenvalue weighted by Crippen LogP contribution is 2.45. The molecule has 0 spiro atoms. The first-order valence-electron chi connectivity index (χ1n) is 6.13. The highest BCUT2D eigenvalue weighted by molar-refractivity contribution is 6.39. The number of hydrogen-bond acceptors (Lipinski definition) is 6. The molecule has 0 saturated heterocycles. The summed E-state index contributed by atoms with van der Waals surface area (Å²) in [7, 11) is 1.55. The quantitative estimate of drug-likeness (QED) is 0.889. The summed E-state index contributed by atoms with van der Waals surface area (Å²) in [4.78, 5) is 16.6. The Bertz CT molecular complexity index is 599. The van der Waals surface area contributed by atoms with Crippen LogP contribution in [-0.4, -0.2) is 25.5 Å². The number of hydrogen-bond donors (Lipinski definition) is 1. The van der Waals surface area contributed by atoms with Crippen molar-refractivity contribution in [2.45, 2.75) is 13.0 Å². The average molecular weight is 278 g/mol. The number of ether oxygens (including phenoxy) is 3. The Morgan fingerprint density at radius 3 is 2.90 bits per heavy atom. The van der Waals surface area contributed by atoms with Gasteiger partial charge < -0.3 is 24.8 Å². The van der Waals surface area contributed by atoms with Crippen molar-refractivity contribution in [3.05, 3.63) is 17.7 Å². The summed E-state index contributed by atoms with van der Waals surface area (Å²) in [6.45, 7) is 1.98. The highest BCUT2D eigenvalue weighted by atomic mass is 16.7. The second-order valence-electron chi connectivity index (χ2n) is 4.61. The molecule has 2 N–H and O–H groups in total. The number of carbonyl (C=O) groups is 1. The van der Waals surface area contributed by atoms with Gasteiger partial charge in [0.05, 0.1) is 13.0 Å². The standard InChI is InChI=1S/C13H14N2O5/c1-6-10(13(14)16)15-20-11(6)7-3-8(17-2)12-9(4-7)18-5-19-12/h3-4,6,11H,5H2,1-2H3,(H2,14,16)/t6-,11+/m1/s1. The maximum Gasteiger partial charge on any atom is 0.266 e. The minimum absolute atomic E-state index is 0.152. The Labute approximate surface area is 115 Å². The van der Waals surface area contributed by atoms with Crippen LogP contribution in [-0.2, 0) is 9.63 Å². The van der Waals surface area contributed by atoms with Crippen molar-refractivity contribution in [1.82, 2.24) is 0 Å². The molecule has 2 aliphatic rings. The lowest BCUT2D eigenvalue weighted by molar-refractivity contribution is -0.112. The molecular weight excluding hydrogens is 264 g/mol. The lowest BCUT2D eigenvalue weighted by Crippen LogP contribution is -2.28. The summed E-state index contributed by atoms with van der Waals surface area (Å²) >= 11 is 0. The summed E-state index contributed by atoms with van der Waals surface area (Å²) in [6.07, 6.45) is -0.402. The number of methoxy groups -OCH3 is 1. The fraction of sp³-hybridized carbons (Fsp3) is 0.385. The molecule has 7 heteroatoms. The van der Waals surface area contributed by atoms with E-state index in [0.717, 1.165) is 5.56 Å². The second kappa shape index (κ2) is 4.59. The van der Waals surface area contributed by atoms with Gasteiger partial charge in [0, 0.05) is 5.56 Å². The van der Waals surface area contributed by atoms with E-state index in [1.807, 2.05) is 6.92 Å². The molecule has 20 heavy (non-hydrogen) atoms. The Balaban J connectivity index is 1.95. The topological polar surface area (TPSA) is 92.4 Å². The van der Waals surface area contributed by atoms with E-state index in [1.54, 1.807) is 19.2 Å². The fourth-order valence-electron chi connectivity index (χ4n) is 2.36. The molecule has 0 unspecified atom stereocenters. The van der Waals surface area contributed by atoms with Crippen LogP contribution in [0, 0.1) is 5.92 Å². The highest BCUT2D eigenvalue weighted by Gasteiger charge is 2.36. The predicted molar refractivity (Wildman–Crippen MR) is 68.7 cm³/mol. The predicted octanol–water partition coefficient (Wildman–Crippen LogP) is 0.973. The average Bonchev–Trinajstić information content (AvgIpc) is 3.03. The second-order valence-corrected chi connectivity index (χ2v) is 4.61. The van der Waals surface area contributed by atoms with Crippen LogP contribution in [0.25, 0.3) is 0 Å². The first kappa shape index (κ1) is 12.6. The lowest BCUT2D eigenvalue weighted by atomic mass is 9.93. The van der Waals surface area contributed by atoms with Crippen molar-refractivity contribution in [2.75, 3.05) is 13.9 Å². The van der Waals surface area contributed by atoms with E-state index in [-0.39, 0.29) is 18.4 Å². The van der Waals surface area contributed by atoms with Crippen molar-refractivity contribution in [2.24, 2.45) is 16.8 Å². The number of fused-ring (bicyclic) bond motifs is 1. The van der Waals surface area contributed by atoms with Gasteiger partial charge in [0.1, 0.15) is 0 Å². The summed E-state index contributed by atoms with van der Waals surface area (Å²) in [5.74, 6) is 0.893. The number of nitrogens with two attached hydrogens (primary N) is 1. The third kappa shape index (κ3) is 1.82. The number of rotatable bonds is 3. The van der Waals surface area contributed by atoms with Crippen LogP contribution in [0.5, 0.6) is 17.2 Å². The van der Waals surface area contributed by atoms with E-state index in [2.05, 4.69) is 5.16 Å². The van der Waals surface area contributed by atoms with Crippen LogP contribution >= 0.6 is 0 Å². The van der Waals surface area contributed by atoms with Crippen LogP contribution < -0.4 is 19.9 Å². The molecule has 2 atom stereocenters. The summed E-state index contributed by atoms with van der Waals surface area (Å²) in [5.41, 5.74) is 6.27. The SMILES string of the molecule is COc1cc([C@H]2ON=C(C(N)=O)[C@H]2C)cc2c1OCO2. The molecular formula is C13H14N2O5. The normalized spacial score (nSPS) is 23.2. The fourth-order valence-corrected chi connectivity index (χ4v) is 2.36. The van der Waals surface area contributed by atoms with Gasteiger partial charge >= 0.3 is 0 Å². The first-order valence-corrected chi connectivity index (χ1v) is 6.13. The number of oxime groups is 1. The summed E-state index contributed by atoms with van der Waals surface area (Å²) in [5, 5.41) is 3.75. The Kier molecular flexibility index (Phi) is 2.89. The molecule has 1 amide bonds. The Hall–Kier alpha value is -2.44. The first-order chi connectivity index (χ1) is 9.61. The van der Waals surface area contributed by atoms with Gasteiger partial charge in [0.2, 0.25) is 12.5 Å². The largest absolute Gasteiger partial charge is 0.493 e. The summed E-state index contributed by atoms with van der Waals surface area (Å²) < 4.78 is 16.0. The molecule has 1 aromatic carbocycles. The maximum absolute atomic E-state index is 11.2. The zero-order valence-electron chi connectivity index (χ0n) is 11.1. The maximum atomic E-state index is 11.2. The molecule has 7 nitrogen and oxygen atoms in total. The van der Waals surface area contributed by atoms with Crippen LogP contribution in [0.3, 0.4) is 0 Å². The van der Waals surface area contributed by atoms with Gasteiger partial charge in [0.15, 0.2) is 23.3 Å². The van der Waals surface area contributed by atoms with Gasteiger partial charge in [-0.3, -0.25) is 4.79 Å². The van der Waals surface area contributed by atoms with Gasteiger partial charge in [-0.2, -0.15) is 0 Å². The van der Waals surface area contributed by atoms with E-state index < -0.39 is 12.0 Å². The molecule has 2 aliphatic heterocycles. The van der Waals surface area contributed by atoms with Gasteiger partial charge in [-0.25, -0.2) is 0 Å². The minimum Gasteiger partial charge on any atom is -0.493 e. The third-order valence-electron chi connectivity index (χ3n) is 3.41. The van der Waals surface area contributed by atoms with E-state index in [0.29, 0.717) is 17.2 Å². The van der Waals surface area contributed by atoms with Gasteiger partial charge in [-0.1, -0.05) is 12.1 Å². The van der Waals surface area contributed by atoms with Gasteiger partial charge in [-0.05, 0) is 12.1 Å². The zero-order chi connectivity index (χ0) is 14.3. The monoisotopic (exact) mass is 278 g/mol. The van der Waals surface area contributed by atoms with Crippen molar-refractivity contribution in [1.29, 1.82) is 0 Å². The molecule has 2 heterocycles. The molecule has 0 aliphatic carbocycles. The number of primary amides is 1. The van der Waals surface area contributed by atoms with Crippen molar-refractivity contribution in [3.8, 4) is 17.2 Å². The summed E-state index contributed by atoms with van der Waals surface area (Å²) in [6, 6.07) is 3.58. The number of benzene rings is 1. The lowest BCUT2D eigenvalue weighted by Gasteiger charge is -2.16. The van der Waals surface area contributed by atoms with Crippen LogP contribution in [0.1, 0.15) is 18.6 Å². The van der Waals surface area contributed by atoms with Crippen LogP contribution in [0.15, 0.2) is 17.3 Å². The van der Waals surface area contributed by atoms with Crippen molar-refractivity contribution >= 4 is 11.6 Å². The molecule has 3 rings (SSSR count). The van der Waals surface area contributed by atoms with E-state index in [4.69, 9.17) is 24.8 Å². The van der Waals surface area contributed by atoms with Crippen LogP contribution in [0.4, 0.5) is 0 Å². The third-order valence-corrected chi connectivity index (χ3v) is 3.41. The van der Waals surface area contributed by atoms with E-state index in [9.17, 15) is 4.79 Å². The van der Waals surface area contributed by atoms with Crippen LogP contribution in [0.2, 0.25) is 0 Å². The molecule has 0 saturated carbocycles. The Morgan fingerprint density at radius 2 is 2.25 bits per heavy atom. The molecule has 0 bridgehead atoms. The molecule has 0 aromatic heterocycles. The van der Waals surface area contributed by atoms with E-state index in [1.165, 1.54) is 0 Å². The number of nitrogens with zero attached hydrogens (tertiary/aromatic N) is 1. The van der Waals surface area contributed by atoms with Gasteiger partial charge in [0.25, 0.3) is 5.91 Å². The molecule has 0 radical (unpaired) electrons. The van der Waals surface area contributed by atoms with E-state index >= 15 is 0 Å². The number of amides is 1. The molecule has 0 fully saturated rings. The van der Waals surface area contributed by atoms with Crippen molar-refractivity contribution < 1.29 is 23.8 Å². The van der Waals surface area contributed by atoms with Gasteiger partial charge in [-0.15, -0.1) is 0 Å². The zero-order valence-corrected chi connectivity index (χ0v) is 11.1. The smallest absolute Gasteiger partial charge is 0.266 e. The number of carbonyl (C=O) groups excluding carboxylic acids is 1. The Morgan fingerprint density at radius 1 is 1.45 bits per heavy atom. The molecule has 1 aromatic rings. The minimum atomic E-state index is -0.576. The van der Waals surface area contributed by atoms with Crippen molar-refractivity contribution in [3.63, 3.8) is 0 Å². The molecule has 106 valence electrons.